The highest BCUT2D eigenvalue weighted by Gasteiger charge is 2.56. The van der Waals surface area contributed by atoms with Crippen LogP contribution in [0.1, 0.15) is 81.6 Å². The van der Waals surface area contributed by atoms with Crippen LogP contribution in [0.25, 0.3) is 0 Å². The second kappa shape index (κ2) is 18.2. The van der Waals surface area contributed by atoms with E-state index in [1.54, 1.807) is 72.7 Å². The van der Waals surface area contributed by atoms with Crippen LogP contribution in [0.15, 0.2) is 72.0 Å². The molecule has 1 aliphatic carbocycles. The van der Waals surface area contributed by atoms with Crippen LogP contribution >= 0.6 is 7.60 Å². The van der Waals surface area contributed by atoms with Gasteiger partial charge in [0.2, 0.25) is 17.8 Å². The fourth-order valence-electron chi connectivity index (χ4n) is 5.59. The molecule has 17 nitrogen and oxygen atoms in total. The van der Waals surface area contributed by atoms with Crippen molar-refractivity contribution < 1.29 is 52.2 Å². The Balaban J connectivity index is 2.23. The molecule has 0 saturated heterocycles. The van der Waals surface area contributed by atoms with E-state index in [2.05, 4.69) is 21.3 Å². The zero-order valence-electron chi connectivity index (χ0n) is 33.0. The van der Waals surface area contributed by atoms with Gasteiger partial charge in [-0.05, 0) is 121 Å². The standard InChI is InChI=1S/C38H51N6O11P/c1-10-26-23-29(44(35(50)53-37(7,8)9)32(39)43-34(49)52-36(4,5)6)19-20-38(26,21-22-40-33(47)48)56(51,54-30-15-11-27(12-16-30)41-24(2)45)55-31-17-13-28(14-18-31)42-25(3)46/h11-19,23,40H,10,20-22H2,1-9H3,(H,41,45)(H,42,46)(H,47,48)(H2,39,43,49). The summed E-state index contributed by atoms with van der Waals surface area (Å²) in [7, 11) is -4.57. The van der Waals surface area contributed by atoms with Gasteiger partial charge in [-0.3, -0.25) is 20.3 Å². The number of carbonyl (C=O) groups is 5. The van der Waals surface area contributed by atoms with Crippen molar-refractivity contribution in [3.8, 4) is 11.5 Å². The summed E-state index contributed by atoms with van der Waals surface area (Å²) in [5.41, 5.74) is -0.585. The average Bonchev–Trinajstić information content (AvgIpc) is 3.04. The molecule has 0 aliphatic heterocycles. The Kier molecular flexibility index (Phi) is 14.5. The van der Waals surface area contributed by atoms with Crippen LogP contribution in [0.4, 0.5) is 25.8 Å². The summed E-state index contributed by atoms with van der Waals surface area (Å²) < 4.78 is 39.3. The van der Waals surface area contributed by atoms with Gasteiger partial charge in [-0.1, -0.05) is 13.0 Å². The number of nitrogens with one attached hydrogen (secondary N) is 5. The van der Waals surface area contributed by atoms with Gasteiger partial charge in [0, 0.05) is 31.8 Å². The fraction of sp³-hybridized carbons (Fsp3) is 0.421. The second-order valence-electron chi connectivity index (χ2n) is 14.8. The molecular weight excluding hydrogens is 747 g/mol. The van der Waals surface area contributed by atoms with Crippen LogP contribution in [-0.4, -0.2) is 69.0 Å². The number of nitrogens with zero attached hydrogens (tertiary/aromatic N) is 1. The Morgan fingerprint density at radius 2 is 1.32 bits per heavy atom. The van der Waals surface area contributed by atoms with Crippen molar-refractivity contribution in [2.45, 2.75) is 97.9 Å². The predicted molar refractivity (Wildman–Crippen MR) is 210 cm³/mol. The highest BCUT2D eigenvalue weighted by molar-refractivity contribution is 7.56. The van der Waals surface area contributed by atoms with Crippen molar-refractivity contribution in [3.05, 3.63) is 72.0 Å². The lowest BCUT2D eigenvalue weighted by Gasteiger charge is -2.42. The Morgan fingerprint density at radius 3 is 1.73 bits per heavy atom. The summed E-state index contributed by atoms with van der Waals surface area (Å²) in [5.74, 6) is -1.13. The normalized spacial score (nSPS) is 15.5. The summed E-state index contributed by atoms with van der Waals surface area (Å²) in [6.45, 7) is 14.1. The van der Waals surface area contributed by atoms with E-state index in [9.17, 15) is 29.1 Å². The van der Waals surface area contributed by atoms with E-state index in [-0.39, 0.29) is 54.8 Å². The average molecular weight is 799 g/mol. The molecule has 18 heteroatoms. The zero-order valence-corrected chi connectivity index (χ0v) is 33.9. The Morgan fingerprint density at radius 1 is 0.839 bits per heavy atom. The van der Waals surface area contributed by atoms with E-state index in [0.29, 0.717) is 16.9 Å². The van der Waals surface area contributed by atoms with Gasteiger partial charge < -0.3 is 39.6 Å². The molecule has 0 fully saturated rings. The van der Waals surface area contributed by atoms with Crippen LogP contribution in [0.5, 0.6) is 11.5 Å². The molecule has 0 bridgehead atoms. The molecule has 0 aromatic heterocycles. The number of carbonyl (C=O) groups excluding carboxylic acids is 4. The molecule has 1 aliphatic rings. The number of hydrogen-bond donors (Lipinski definition) is 6. The molecule has 6 N–H and O–H groups in total. The number of carboxylic acid groups (broad SMARTS) is 1. The first kappa shape index (κ1) is 44.6. The molecular formula is C38H51N6O11P. The number of amides is 5. The highest BCUT2D eigenvalue weighted by atomic mass is 31.2. The maximum atomic E-state index is 15.8. The number of guanidine groups is 1. The van der Waals surface area contributed by atoms with Gasteiger partial charge in [-0.2, -0.15) is 0 Å². The van der Waals surface area contributed by atoms with Crippen LogP contribution in [0.2, 0.25) is 0 Å². The van der Waals surface area contributed by atoms with Crippen molar-refractivity contribution in [2.24, 2.45) is 0 Å². The van der Waals surface area contributed by atoms with E-state index in [4.69, 9.17) is 23.9 Å². The molecule has 5 amide bonds. The SMILES string of the molecule is CCC1=CC(N(C(=N)NC(=O)OC(C)(C)C)C(=O)OC(C)(C)C)=CCC1(CCNC(=O)O)P(=O)(Oc1ccc(NC(C)=O)cc1)Oc1ccc(NC(C)=O)cc1. The minimum absolute atomic E-state index is 0.0739. The van der Waals surface area contributed by atoms with Crippen molar-refractivity contribution in [1.29, 1.82) is 5.41 Å². The molecule has 2 aromatic carbocycles. The third kappa shape index (κ3) is 12.6. The van der Waals surface area contributed by atoms with Gasteiger partial charge >= 0.3 is 25.9 Å². The first-order valence-corrected chi connectivity index (χ1v) is 19.2. The molecule has 1 atom stereocenters. The number of ether oxygens (including phenoxy) is 2. The molecule has 3 rings (SSSR count). The van der Waals surface area contributed by atoms with Gasteiger partial charge in [0.15, 0.2) is 0 Å². The molecule has 0 saturated carbocycles. The van der Waals surface area contributed by atoms with Gasteiger partial charge in [-0.15, -0.1) is 0 Å². The molecule has 0 radical (unpaired) electrons. The quantitative estimate of drug-likeness (QED) is 0.0684. The Bertz CT molecular complexity index is 1850. The smallest absolute Gasteiger partial charge is 0.441 e. The number of rotatable bonds is 12. The monoisotopic (exact) mass is 798 g/mol. The highest BCUT2D eigenvalue weighted by Crippen LogP contribution is 2.66. The molecule has 56 heavy (non-hydrogen) atoms. The van der Waals surface area contributed by atoms with E-state index in [0.717, 1.165) is 4.90 Å². The first-order chi connectivity index (χ1) is 26.0. The van der Waals surface area contributed by atoms with Gasteiger partial charge in [0.05, 0.1) is 5.70 Å². The van der Waals surface area contributed by atoms with Crippen molar-refractivity contribution in [3.63, 3.8) is 0 Å². The summed E-state index contributed by atoms with van der Waals surface area (Å²) >= 11 is 0. The lowest BCUT2D eigenvalue weighted by Crippen LogP contribution is -2.49. The number of anilines is 2. The third-order valence-corrected chi connectivity index (χ3v) is 10.4. The Labute approximate surface area is 326 Å². The molecule has 0 spiro atoms. The number of benzene rings is 2. The third-order valence-electron chi connectivity index (χ3n) is 7.77. The molecule has 1 unspecified atom stereocenters. The van der Waals surface area contributed by atoms with Crippen molar-refractivity contribution >= 4 is 55.0 Å². The lowest BCUT2D eigenvalue weighted by molar-refractivity contribution is -0.115. The maximum Gasteiger partial charge on any atom is 0.441 e. The van der Waals surface area contributed by atoms with Gasteiger partial charge in [0.1, 0.15) is 27.9 Å². The zero-order chi connectivity index (χ0) is 42.1. The van der Waals surface area contributed by atoms with E-state index < -0.39 is 48.2 Å². The van der Waals surface area contributed by atoms with Crippen molar-refractivity contribution in [1.82, 2.24) is 15.5 Å². The summed E-state index contributed by atoms with van der Waals surface area (Å²) in [6, 6.07) is 12.1. The summed E-state index contributed by atoms with van der Waals surface area (Å²) in [5, 5.41) is 26.6. The van der Waals surface area contributed by atoms with Crippen LogP contribution in [0.3, 0.4) is 0 Å². The van der Waals surface area contributed by atoms with E-state index in [1.807, 2.05) is 0 Å². The topological polar surface area (TPSA) is 235 Å². The molecule has 304 valence electrons. The Hall–Kier alpha value is -5.83. The summed E-state index contributed by atoms with van der Waals surface area (Å²) in [4.78, 5) is 62.2. The second-order valence-corrected chi connectivity index (χ2v) is 17.0. The van der Waals surface area contributed by atoms with E-state index in [1.165, 1.54) is 50.3 Å². The van der Waals surface area contributed by atoms with Crippen molar-refractivity contribution in [2.75, 3.05) is 17.2 Å². The first-order valence-electron chi connectivity index (χ1n) is 17.7. The number of hydrogen-bond acceptors (Lipinski definition) is 11. The predicted octanol–water partition coefficient (Wildman–Crippen LogP) is 7.97. The number of allylic oxidation sites excluding steroid dienone is 3. The lowest BCUT2D eigenvalue weighted by atomic mass is 9.84. The minimum Gasteiger partial charge on any atom is -0.465 e. The molecule has 0 heterocycles. The summed E-state index contributed by atoms with van der Waals surface area (Å²) in [6.07, 6.45) is -0.494. The van der Waals surface area contributed by atoms with Gasteiger partial charge in [-0.25, -0.2) is 23.8 Å². The van der Waals surface area contributed by atoms with Crippen LogP contribution < -0.4 is 30.3 Å². The largest absolute Gasteiger partial charge is 0.465 e. The van der Waals surface area contributed by atoms with Crippen LogP contribution in [0, 0.1) is 5.41 Å². The fourth-order valence-corrected chi connectivity index (χ4v) is 8.05. The maximum absolute atomic E-state index is 15.8. The van der Waals surface area contributed by atoms with Crippen LogP contribution in [-0.2, 0) is 23.6 Å². The minimum atomic E-state index is -4.57. The number of alkyl carbamates (subject to hydrolysis) is 1. The van der Waals surface area contributed by atoms with Gasteiger partial charge in [0.25, 0.3) is 0 Å². The molecule has 2 aromatic rings. The van der Waals surface area contributed by atoms with E-state index >= 15 is 4.57 Å².